The van der Waals surface area contributed by atoms with Crippen LogP contribution in [0, 0.1) is 11.8 Å². The van der Waals surface area contributed by atoms with E-state index in [1.54, 1.807) is 6.08 Å². The largest absolute Gasteiger partial charge is 0.357 e. The minimum absolute atomic E-state index is 0.0219. The van der Waals surface area contributed by atoms with Crippen LogP contribution in [-0.4, -0.2) is 11.7 Å². The molecule has 21 heavy (non-hydrogen) atoms. The molecule has 2 rings (SSSR count). The maximum absolute atomic E-state index is 11.9. The molecular weight excluding hydrogens is 264 g/mol. The Labute approximate surface area is 125 Å². The van der Waals surface area contributed by atoms with Crippen LogP contribution >= 0.6 is 0 Å². The molecule has 0 spiro atoms. The van der Waals surface area contributed by atoms with E-state index < -0.39 is 0 Å². The number of nitrogens with one attached hydrogen (secondary N) is 2. The van der Waals surface area contributed by atoms with Gasteiger partial charge in [0.15, 0.2) is 5.78 Å². The quantitative estimate of drug-likeness (QED) is 0.889. The van der Waals surface area contributed by atoms with E-state index in [0.717, 1.165) is 23.5 Å². The van der Waals surface area contributed by atoms with Gasteiger partial charge in [-0.05, 0) is 24.5 Å². The Balaban J connectivity index is 2.17. The number of ketones is 1. The first kappa shape index (κ1) is 15.3. The fourth-order valence-electron chi connectivity index (χ4n) is 2.34. The van der Waals surface area contributed by atoms with Crippen molar-refractivity contribution in [3.05, 3.63) is 36.0 Å². The van der Waals surface area contributed by atoms with E-state index >= 15 is 0 Å². The number of rotatable bonds is 4. The zero-order chi connectivity index (χ0) is 15.4. The van der Waals surface area contributed by atoms with E-state index in [4.69, 9.17) is 0 Å². The number of allylic oxidation sites excluding steroid dienone is 2. The summed E-state index contributed by atoms with van der Waals surface area (Å²) in [5.74, 6) is 0.405. The highest BCUT2D eigenvalue weighted by atomic mass is 16.1. The number of carbonyl (C=O) groups excluding carboxylic acids is 2. The van der Waals surface area contributed by atoms with E-state index in [2.05, 4.69) is 17.6 Å². The highest BCUT2D eigenvalue weighted by Crippen LogP contribution is 2.27. The van der Waals surface area contributed by atoms with Gasteiger partial charge in [0.25, 0.3) is 0 Å². The number of amides is 1. The van der Waals surface area contributed by atoms with Gasteiger partial charge in [-0.25, -0.2) is 0 Å². The van der Waals surface area contributed by atoms with E-state index in [0.29, 0.717) is 12.3 Å². The first-order valence-electron chi connectivity index (χ1n) is 7.36. The summed E-state index contributed by atoms with van der Waals surface area (Å²) < 4.78 is 0. The van der Waals surface area contributed by atoms with Crippen molar-refractivity contribution in [2.75, 3.05) is 10.6 Å². The molecule has 1 aliphatic rings. The molecule has 0 fully saturated rings. The zero-order valence-corrected chi connectivity index (χ0v) is 12.8. The van der Waals surface area contributed by atoms with Crippen LogP contribution in [0.4, 0.5) is 11.4 Å². The first-order chi connectivity index (χ1) is 9.95. The third-order valence-electron chi connectivity index (χ3n) is 3.46. The number of hydrogen-bond acceptors (Lipinski definition) is 3. The topological polar surface area (TPSA) is 58.2 Å². The van der Waals surface area contributed by atoms with Gasteiger partial charge in [-0.15, -0.1) is 0 Å². The Hall–Kier alpha value is -2.10. The predicted molar refractivity (Wildman–Crippen MR) is 85.0 cm³/mol. The molecule has 4 heteroatoms. The summed E-state index contributed by atoms with van der Waals surface area (Å²) in [6.45, 7) is 5.78. The second-order valence-corrected chi connectivity index (χ2v) is 5.96. The summed E-state index contributed by atoms with van der Waals surface area (Å²) in [4.78, 5) is 23.5. The van der Waals surface area contributed by atoms with Crippen LogP contribution in [-0.2, 0) is 9.59 Å². The average molecular weight is 286 g/mol. The summed E-state index contributed by atoms with van der Waals surface area (Å²) in [5.41, 5.74) is 2.47. The molecule has 1 aromatic carbocycles. The molecule has 112 valence electrons. The molecule has 0 aromatic heterocycles. The number of benzene rings is 1. The van der Waals surface area contributed by atoms with Gasteiger partial charge in [-0.3, -0.25) is 9.59 Å². The highest BCUT2D eigenvalue weighted by Gasteiger charge is 2.18. The fourth-order valence-corrected chi connectivity index (χ4v) is 2.34. The Morgan fingerprint density at radius 1 is 1.19 bits per heavy atom. The maximum atomic E-state index is 11.9. The van der Waals surface area contributed by atoms with Crippen molar-refractivity contribution >= 4 is 23.1 Å². The summed E-state index contributed by atoms with van der Waals surface area (Å²) in [6, 6.07) is 7.55. The number of para-hydroxylation sites is 2. The lowest BCUT2D eigenvalue weighted by molar-refractivity contribution is -0.119. The van der Waals surface area contributed by atoms with Gasteiger partial charge in [-0.1, -0.05) is 32.9 Å². The molecule has 4 nitrogen and oxygen atoms in total. The summed E-state index contributed by atoms with van der Waals surface area (Å²) in [6.07, 6.45) is 3.12. The van der Waals surface area contributed by atoms with Gasteiger partial charge in [0.2, 0.25) is 5.91 Å². The van der Waals surface area contributed by atoms with Crippen molar-refractivity contribution in [3.8, 4) is 0 Å². The Bertz CT molecular complexity index is 576. The molecule has 1 amide bonds. The van der Waals surface area contributed by atoms with Crippen LogP contribution in [0.5, 0.6) is 0 Å². The second kappa shape index (κ2) is 6.57. The monoisotopic (exact) mass is 286 g/mol. The standard InChI is InChI=1S/C17H22N2O2/c1-11(2)17(21)19-16-7-5-4-6-15(16)18-13-8-12(3)9-14(20)10-13/h4-7,10-12,18H,8-9H2,1-3H3,(H,19,21)/t12-/m0/s1. The minimum atomic E-state index is -0.0754. The summed E-state index contributed by atoms with van der Waals surface area (Å²) in [5, 5.41) is 6.19. The molecule has 2 N–H and O–H groups in total. The van der Waals surface area contributed by atoms with Gasteiger partial charge in [-0.2, -0.15) is 0 Å². The number of carbonyl (C=O) groups is 2. The normalized spacial score (nSPS) is 18.4. The Kier molecular flexibility index (Phi) is 4.78. The van der Waals surface area contributed by atoms with Gasteiger partial charge in [0.05, 0.1) is 11.4 Å². The number of anilines is 2. The maximum Gasteiger partial charge on any atom is 0.226 e. The van der Waals surface area contributed by atoms with Crippen LogP contribution in [0.2, 0.25) is 0 Å². The fraction of sp³-hybridized carbons (Fsp3) is 0.412. The van der Waals surface area contributed by atoms with Crippen LogP contribution < -0.4 is 10.6 Å². The lowest BCUT2D eigenvalue weighted by Gasteiger charge is -2.21. The van der Waals surface area contributed by atoms with E-state index in [1.807, 2.05) is 38.1 Å². The Morgan fingerprint density at radius 3 is 2.48 bits per heavy atom. The van der Waals surface area contributed by atoms with Crippen LogP contribution in [0.3, 0.4) is 0 Å². The van der Waals surface area contributed by atoms with Crippen LogP contribution in [0.25, 0.3) is 0 Å². The van der Waals surface area contributed by atoms with Gasteiger partial charge >= 0.3 is 0 Å². The minimum Gasteiger partial charge on any atom is -0.357 e. The van der Waals surface area contributed by atoms with E-state index in [1.165, 1.54) is 0 Å². The van der Waals surface area contributed by atoms with Crippen molar-refractivity contribution in [1.82, 2.24) is 0 Å². The third-order valence-corrected chi connectivity index (χ3v) is 3.46. The zero-order valence-electron chi connectivity index (χ0n) is 12.8. The molecular formula is C17H22N2O2. The molecule has 0 radical (unpaired) electrons. The van der Waals surface area contributed by atoms with Gasteiger partial charge < -0.3 is 10.6 Å². The van der Waals surface area contributed by atoms with Gasteiger partial charge in [0.1, 0.15) is 0 Å². The molecule has 1 atom stereocenters. The van der Waals surface area contributed by atoms with Gasteiger partial charge in [0, 0.05) is 24.1 Å². The summed E-state index contributed by atoms with van der Waals surface area (Å²) >= 11 is 0. The van der Waals surface area contributed by atoms with E-state index in [-0.39, 0.29) is 17.6 Å². The smallest absolute Gasteiger partial charge is 0.226 e. The first-order valence-corrected chi connectivity index (χ1v) is 7.36. The van der Waals surface area contributed by atoms with Crippen molar-refractivity contribution < 1.29 is 9.59 Å². The van der Waals surface area contributed by atoms with Crippen LogP contribution in [0.1, 0.15) is 33.6 Å². The molecule has 1 aromatic rings. The highest BCUT2D eigenvalue weighted by molar-refractivity contribution is 5.96. The average Bonchev–Trinajstić information content (AvgIpc) is 2.39. The molecule has 0 saturated heterocycles. The second-order valence-electron chi connectivity index (χ2n) is 5.96. The molecule has 0 bridgehead atoms. The lowest BCUT2D eigenvalue weighted by Crippen LogP contribution is -2.20. The number of hydrogen-bond donors (Lipinski definition) is 2. The SMILES string of the molecule is CC(C)C(=O)Nc1ccccc1NC1=CC(=O)C[C@@H](C)C1. The molecule has 1 aliphatic carbocycles. The molecule has 0 aliphatic heterocycles. The molecule has 0 saturated carbocycles. The molecule has 0 unspecified atom stereocenters. The van der Waals surface area contributed by atoms with Crippen LogP contribution in [0.15, 0.2) is 36.0 Å². The predicted octanol–water partition coefficient (Wildman–Crippen LogP) is 3.58. The van der Waals surface area contributed by atoms with Crippen molar-refractivity contribution in [2.24, 2.45) is 11.8 Å². The molecule has 0 heterocycles. The van der Waals surface area contributed by atoms with Crippen molar-refractivity contribution in [1.29, 1.82) is 0 Å². The third kappa shape index (κ3) is 4.18. The lowest BCUT2D eigenvalue weighted by atomic mass is 9.93. The van der Waals surface area contributed by atoms with Crippen molar-refractivity contribution in [3.63, 3.8) is 0 Å². The van der Waals surface area contributed by atoms with E-state index in [9.17, 15) is 9.59 Å². The summed E-state index contributed by atoms with van der Waals surface area (Å²) in [7, 11) is 0. The van der Waals surface area contributed by atoms with Crippen molar-refractivity contribution in [2.45, 2.75) is 33.6 Å². The Morgan fingerprint density at radius 2 is 1.86 bits per heavy atom.